The number of halogens is 1. The van der Waals surface area contributed by atoms with Gasteiger partial charge in [-0.25, -0.2) is 0 Å². The molecule has 1 amide bonds. The molecule has 152 valence electrons. The molecule has 28 heavy (non-hydrogen) atoms. The van der Waals surface area contributed by atoms with Crippen LogP contribution in [0.15, 0.2) is 29.4 Å². The number of aryl methyl sites for hydroxylation is 1. The molecule has 0 radical (unpaired) electrons. The Bertz CT molecular complexity index is 925. The summed E-state index contributed by atoms with van der Waals surface area (Å²) in [5.74, 6) is -0.251. The highest BCUT2D eigenvalue weighted by atomic mass is 35.5. The van der Waals surface area contributed by atoms with Crippen molar-refractivity contribution in [1.82, 2.24) is 3.96 Å². The number of aromatic nitrogens is 1. The first-order chi connectivity index (χ1) is 13.2. The van der Waals surface area contributed by atoms with Crippen molar-refractivity contribution in [2.45, 2.75) is 45.6 Å². The number of carbonyl (C=O) groups is 2. The van der Waals surface area contributed by atoms with Crippen molar-refractivity contribution in [3.8, 4) is 5.75 Å². The monoisotopic (exact) mass is 424 g/mol. The Morgan fingerprint density at radius 1 is 1.25 bits per heavy atom. The van der Waals surface area contributed by atoms with E-state index in [1.54, 1.807) is 18.2 Å². The first kappa shape index (κ1) is 22.2. The van der Waals surface area contributed by atoms with Gasteiger partial charge in [-0.3, -0.25) is 13.5 Å². The van der Waals surface area contributed by atoms with Gasteiger partial charge in [0.1, 0.15) is 10.4 Å². The van der Waals surface area contributed by atoms with Gasteiger partial charge in [0.2, 0.25) is 0 Å². The Labute approximate surface area is 173 Å². The van der Waals surface area contributed by atoms with Crippen LogP contribution in [-0.4, -0.2) is 30.1 Å². The fourth-order valence-electron chi connectivity index (χ4n) is 2.49. The fraction of sp³-hybridized carbons (Fsp3) is 0.450. The van der Waals surface area contributed by atoms with Crippen LogP contribution in [0.5, 0.6) is 5.75 Å². The molecule has 1 heterocycles. The predicted molar refractivity (Wildman–Crippen MR) is 110 cm³/mol. The third-order valence-electron chi connectivity index (χ3n) is 4.04. The van der Waals surface area contributed by atoms with E-state index < -0.39 is 5.91 Å². The number of hydrogen-bond donors (Lipinski definition) is 0. The van der Waals surface area contributed by atoms with E-state index in [1.807, 2.05) is 6.20 Å². The van der Waals surface area contributed by atoms with E-state index in [0.717, 1.165) is 5.56 Å². The van der Waals surface area contributed by atoms with Crippen LogP contribution in [-0.2, 0) is 21.5 Å². The zero-order valence-corrected chi connectivity index (χ0v) is 18.3. The zero-order valence-electron chi connectivity index (χ0n) is 16.7. The minimum Gasteiger partial charge on any atom is -0.496 e. The van der Waals surface area contributed by atoms with Crippen LogP contribution in [0.3, 0.4) is 0 Å². The maximum atomic E-state index is 12.8. The molecule has 0 saturated carbocycles. The Balaban J connectivity index is 2.41. The maximum Gasteiger partial charge on any atom is 0.305 e. The van der Waals surface area contributed by atoms with Crippen LogP contribution in [0.4, 0.5) is 0 Å². The second kappa shape index (κ2) is 9.39. The van der Waals surface area contributed by atoms with Gasteiger partial charge in [-0.15, -0.1) is 0 Å². The first-order valence-electron chi connectivity index (χ1n) is 8.87. The van der Waals surface area contributed by atoms with E-state index in [9.17, 15) is 9.59 Å². The van der Waals surface area contributed by atoms with Crippen molar-refractivity contribution in [2.75, 3.05) is 14.2 Å². The summed E-state index contributed by atoms with van der Waals surface area (Å²) in [4.78, 5) is 28.5. The number of esters is 1. The average Bonchev–Trinajstić information content (AvgIpc) is 3.04. The summed E-state index contributed by atoms with van der Waals surface area (Å²) < 4.78 is 12.6. The molecule has 2 aromatic rings. The standard InChI is InChI=1S/C20H25ClN2O4S/c1-20(2,3)23-12-13(7-6-8-17(24)27-5)19(28-23)22-18(25)15-11-14(21)9-10-16(15)26-4/h9-12H,6-8H2,1-5H3. The minimum absolute atomic E-state index is 0.146. The SMILES string of the molecule is COC(=O)CCCc1cn(C(C)(C)C)sc1=NC(=O)c1cc(Cl)ccc1OC. The highest BCUT2D eigenvalue weighted by molar-refractivity contribution is 7.04. The molecule has 1 aromatic heterocycles. The number of benzene rings is 1. The number of amides is 1. The molecule has 0 N–H and O–H groups in total. The minimum atomic E-state index is -0.420. The zero-order chi connectivity index (χ0) is 20.9. The lowest BCUT2D eigenvalue weighted by Crippen LogP contribution is -2.18. The Morgan fingerprint density at radius 3 is 2.57 bits per heavy atom. The van der Waals surface area contributed by atoms with Crippen molar-refractivity contribution in [3.63, 3.8) is 0 Å². The molecule has 0 unspecified atom stereocenters. The lowest BCUT2D eigenvalue weighted by molar-refractivity contribution is -0.140. The van der Waals surface area contributed by atoms with Gasteiger partial charge < -0.3 is 9.47 Å². The normalized spacial score (nSPS) is 12.1. The number of nitrogens with zero attached hydrogens (tertiary/aromatic N) is 2. The summed E-state index contributed by atoms with van der Waals surface area (Å²) in [6.45, 7) is 6.23. The van der Waals surface area contributed by atoms with E-state index in [4.69, 9.17) is 21.1 Å². The van der Waals surface area contributed by atoms with E-state index in [-0.39, 0.29) is 11.5 Å². The van der Waals surface area contributed by atoms with Crippen LogP contribution >= 0.6 is 23.1 Å². The van der Waals surface area contributed by atoms with Crippen LogP contribution in [0.25, 0.3) is 0 Å². The summed E-state index contributed by atoms with van der Waals surface area (Å²) in [6, 6.07) is 4.86. The smallest absolute Gasteiger partial charge is 0.305 e. The fourth-order valence-corrected chi connectivity index (χ4v) is 3.70. The summed E-state index contributed by atoms with van der Waals surface area (Å²) in [5, 5.41) is 0.439. The molecule has 0 saturated heterocycles. The molecule has 8 heteroatoms. The van der Waals surface area contributed by atoms with Crippen molar-refractivity contribution < 1.29 is 19.1 Å². The number of hydrogen-bond acceptors (Lipinski definition) is 5. The Morgan fingerprint density at radius 2 is 1.96 bits per heavy atom. The van der Waals surface area contributed by atoms with Crippen LogP contribution in [0.2, 0.25) is 5.02 Å². The van der Waals surface area contributed by atoms with Crippen LogP contribution in [0.1, 0.15) is 49.5 Å². The molecular weight excluding hydrogens is 400 g/mol. The molecular formula is C20H25ClN2O4S. The highest BCUT2D eigenvalue weighted by Gasteiger charge is 2.18. The summed E-state index contributed by atoms with van der Waals surface area (Å²) in [5.41, 5.74) is 1.08. The average molecular weight is 425 g/mol. The number of ether oxygens (including phenoxy) is 2. The summed E-state index contributed by atoms with van der Waals surface area (Å²) in [7, 11) is 2.87. The van der Waals surface area contributed by atoms with Crippen molar-refractivity contribution in [3.05, 3.63) is 45.2 Å². The molecule has 0 aliphatic heterocycles. The van der Waals surface area contributed by atoms with E-state index in [2.05, 4.69) is 29.7 Å². The molecule has 0 aliphatic carbocycles. The van der Waals surface area contributed by atoms with E-state index in [1.165, 1.54) is 25.8 Å². The van der Waals surface area contributed by atoms with Crippen molar-refractivity contribution in [1.29, 1.82) is 0 Å². The lowest BCUT2D eigenvalue weighted by atomic mass is 10.1. The molecule has 2 rings (SSSR count). The number of carbonyl (C=O) groups excluding carboxylic acids is 2. The largest absolute Gasteiger partial charge is 0.496 e. The second-order valence-corrected chi connectivity index (χ2v) is 8.64. The molecule has 0 aliphatic rings. The third-order valence-corrected chi connectivity index (χ3v) is 5.65. The molecule has 0 fully saturated rings. The number of rotatable bonds is 6. The van der Waals surface area contributed by atoms with Gasteiger partial charge in [0, 0.05) is 28.7 Å². The van der Waals surface area contributed by atoms with Gasteiger partial charge in [0.15, 0.2) is 0 Å². The lowest BCUT2D eigenvalue weighted by Gasteiger charge is -2.19. The highest BCUT2D eigenvalue weighted by Crippen LogP contribution is 2.24. The van der Waals surface area contributed by atoms with Crippen LogP contribution in [0, 0.1) is 0 Å². The summed E-state index contributed by atoms with van der Waals surface area (Å²) >= 11 is 7.44. The van der Waals surface area contributed by atoms with Gasteiger partial charge in [0.25, 0.3) is 5.91 Å². The molecule has 0 atom stereocenters. The van der Waals surface area contributed by atoms with Crippen molar-refractivity contribution >= 4 is 35.0 Å². The molecule has 6 nitrogen and oxygen atoms in total. The topological polar surface area (TPSA) is 69.9 Å². The Hall–Kier alpha value is -2.12. The predicted octanol–water partition coefficient (Wildman–Crippen LogP) is 4.20. The van der Waals surface area contributed by atoms with E-state index in [0.29, 0.717) is 40.3 Å². The van der Waals surface area contributed by atoms with Gasteiger partial charge in [-0.2, -0.15) is 4.99 Å². The van der Waals surface area contributed by atoms with Gasteiger partial charge in [-0.05, 0) is 63.3 Å². The van der Waals surface area contributed by atoms with E-state index >= 15 is 0 Å². The van der Waals surface area contributed by atoms with Gasteiger partial charge >= 0.3 is 5.97 Å². The first-order valence-corrected chi connectivity index (χ1v) is 10.0. The Kier molecular flexibility index (Phi) is 7.43. The third kappa shape index (κ3) is 5.69. The quantitative estimate of drug-likeness (QED) is 0.651. The van der Waals surface area contributed by atoms with Crippen molar-refractivity contribution in [2.24, 2.45) is 4.99 Å². The maximum absolute atomic E-state index is 12.8. The molecule has 0 spiro atoms. The summed E-state index contributed by atoms with van der Waals surface area (Å²) in [6.07, 6.45) is 3.54. The molecule has 0 bridgehead atoms. The number of methoxy groups -OCH3 is 2. The molecule has 1 aromatic carbocycles. The van der Waals surface area contributed by atoms with Gasteiger partial charge in [0.05, 0.1) is 19.8 Å². The second-order valence-electron chi connectivity index (χ2n) is 7.24. The van der Waals surface area contributed by atoms with Gasteiger partial charge in [-0.1, -0.05) is 11.6 Å². The van der Waals surface area contributed by atoms with Crippen LogP contribution < -0.4 is 9.41 Å².